The second-order valence-corrected chi connectivity index (χ2v) is 3.05. The van der Waals surface area contributed by atoms with Gasteiger partial charge in [-0.2, -0.15) is 5.26 Å². The van der Waals surface area contributed by atoms with Crippen LogP contribution in [0.4, 0.5) is 0 Å². The molecule has 4 heteroatoms. The predicted octanol–water partition coefficient (Wildman–Crippen LogP) is 1.99. The number of hydrogen-bond acceptors (Lipinski definition) is 4. The number of thiophene rings is 1. The molecule has 0 fully saturated rings. The highest BCUT2D eigenvalue weighted by atomic mass is 32.1. The van der Waals surface area contributed by atoms with Crippen LogP contribution < -0.4 is 0 Å². The van der Waals surface area contributed by atoms with Crippen molar-refractivity contribution in [2.45, 2.75) is 6.92 Å². The standard InChI is InChI=1S/C8H8N2OS/c1-6(10-11-2)8-7(5-9)3-4-12-8/h3-4H,1-2H3/b10-6-. The minimum Gasteiger partial charge on any atom is -0.399 e. The molecule has 1 aromatic rings. The van der Waals surface area contributed by atoms with Crippen molar-refractivity contribution in [3.63, 3.8) is 0 Å². The molecule has 0 unspecified atom stereocenters. The molecule has 0 atom stereocenters. The van der Waals surface area contributed by atoms with Gasteiger partial charge in [0.15, 0.2) is 0 Å². The normalized spacial score (nSPS) is 10.9. The molecule has 12 heavy (non-hydrogen) atoms. The summed E-state index contributed by atoms with van der Waals surface area (Å²) in [6.07, 6.45) is 0. The number of oxime groups is 1. The molecular formula is C8H8N2OS. The second kappa shape index (κ2) is 3.88. The van der Waals surface area contributed by atoms with Crippen molar-refractivity contribution in [2.75, 3.05) is 7.11 Å². The van der Waals surface area contributed by atoms with Gasteiger partial charge < -0.3 is 4.84 Å². The van der Waals surface area contributed by atoms with Gasteiger partial charge in [-0.15, -0.1) is 11.3 Å². The lowest BCUT2D eigenvalue weighted by Crippen LogP contribution is -1.93. The van der Waals surface area contributed by atoms with Gasteiger partial charge in [-0.3, -0.25) is 0 Å². The molecule has 1 rings (SSSR count). The molecular weight excluding hydrogens is 172 g/mol. The fourth-order valence-corrected chi connectivity index (χ4v) is 1.64. The van der Waals surface area contributed by atoms with Gasteiger partial charge in [-0.25, -0.2) is 0 Å². The lowest BCUT2D eigenvalue weighted by Gasteiger charge is -1.94. The van der Waals surface area contributed by atoms with E-state index in [2.05, 4.69) is 16.1 Å². The fraction of sp³-hybridized carbons (Fsp3) is 0.250. The number of nitriles is 1. The Morgan fingerprint density at radius 2 is 2.50 bits per heavy atom. The van der Waals surface area contributed by atoms with Crippen LogP contribution in [0.1, 0.15) is 17.4 Å². The molecule has 0 amide bonds. The zero-order valence-corrected chi connectivity index (χ0v) is 7.68. The SMILES string of the molecule is CO/N=C(/C)c1sccc1C#N. The Bertz CT molecular complexity index is 335. The Morgan fingerprint density at radius 1 is 1.75 bits per heavy atom. The summed E-state index contributed by atoms with van der Waals surface area (Å²) >= 11 is 1.49. The van der Waals surface area contributed by atoms with Crippen LogP contribution in [0.3, 0.4) is 0 Å². The summed E-state index contributed by atoms with van der Waals surface area (Å²) in [5.74, 6) is 0. The summed E-state index contributed by atoms with van der Waals surface area (Å²) < 4.78 is 0. The van der Waals surface area contributed by atoms with E-state index < -0.39 is 0 Å². The van der Waals surface area contributed by atoms with E-state index in [-0.39, 0.29) is 0 Å². The van der Waals surface area contributed by atoms with Gasteiger partial charge in [0.25, 0.3) is 0 Å². The predicted molar refractivity (Wildman–Crippen MR) is 48.3 cm³/mol. The first-order valence-electron chi connectivity index (χ1n) is 3.35. The van der Waals surface area contributed by atoms with E-state index in [0.29, 0.717) is 5.56 Å². The van der Waals surface area contributed by atoms with E-state index in [9.17, 15) is 0 Å². The van der Waals surface area contributed by atoms with Crippen molar-refractivity contribution in [2.24, 2.45) is 5.16 Å². The average Bonchev–Trinajstić information content (AvgIpc) is 2.51. The van der Waals surface area contributed by atoms with Gasteiger partial charge in [0, 0.05) is 0 Å². The molecule has 0 bridgehead atoms. The van der Waals surface area contributed by atoms with Crippen molar-refractivity contribution in [1.82, 2.24) is 0 Å². The number of nitrogens with zero attached hydrogens (tertiary/aromatic N) is 2. The van der Waals surface area contributed by atoms with E-state index in [0.717, 1.165) is 10.6 Å². The molecule has 0 saturated heterocycles. The van der Waals surface area contributed by atoms with Gasteiger partial charge in [0.2, 0.25) is 0 Å². The van der Waals surface area contributed by atoms with Crippen LogP contribution in [0.15, 0.2) is 16.6 Å². The highest BCUT2D eigenvalue weighted by Gasteiger charge is 2.06. The maximum Gasteiger partial charge on any atom is 0.106 e. The number of hydrogen-bond donors (Lipinski definition) is 0. The quantitative estimate of drug-likeness (QED) is 0.516. The summed E-state index contributed by atoms with van der Waals surface area (Å²) in [4.78, 5) is 5.49. The van der Waals surface area contributed by atoms with Crippen molar-refractivity contribution in [3.05, 3.63) is 21.9 Å². The molecule has 3 nitrogen and oxygen atoms in total. The first-order chi connectivity index (χ1) is 5.79. The minimum atomic E-state index is 0.651. The van der Waals surface area contributed by atoms with Gasteiger partial charge in [-0.05, 0) is 18.4 Å². The van der Waals surface area contributed by atoms with Gasteiger partial charge in [-0.1, -0.05) is 5.16 Å². The van der Waals surface area contributed by atoms with E-state index in [4.69, 9.17) is 5.26 Å². The minimum absolute atomic E-state index is 0.651. The van der Waals surface area contributed by atoms with Crippen molar-refractivity contribution in [1.29, 1.82) is 5.26 Å². The molecule has 0 spiro atoms. The zero-order chi connectivity index (χ0) is 8.97. The first-order valence-corrected chi connectivity index (χ1v) is 4.23. The Kier molecular flexibility index (Phi) is 2.83. The van der Waals surface area contributed by atoms with Crippen molar-refractivity contribution < 1.29 is 4.84 Å². The van der Waals surface area contributed by atoms with Gasteiger partial charge >= 0.3 is 0 Å². The summed E-state index contributed by atoms with van der Waals surface area (Å²) in [6.45, 7) is 1.82. The van der Waals surface area contributed by atoms with Crippen LogP contribution in [-0.2, 0) is 4.84 Å². The maximum absolute atomic E-state index is 8.69. The van der Waals surface area contributed by atoms with Gasteiger partial charge in [0.1, 0.15) is 13.2 Å². The summed E-state index contributed by atoms with van der Waals surface area (Å²) in [5.41, 5.74) is 1.39. The lowest BCUT2D eigenvalue weighted by molar-refractivity contribution is 0.213. The third-order valence-electron chi connectivity index (χ3n) is 1.34. The Balaban J connectivity index is 3.04. The first kappa shape index (κ1) is 8.75. The van der Waals surface area contributed by atoms with E-state index >= 15 is 0 Å². The highest BCUT2D eigenvalue weighted by molar-refractivity contribution is 7.12. The average molecular weight is 180 g/mol. The van der Waals surface area contributed by atoms with Crippen molar-refractivity contribution >= 4 is 17.0 Å². The largest absolute Gasteiger partial charge is 0.399 e. The van der Waals surface area contributed by atoms with Crippen LogP contribution in [0.2, 0.25) is 0 Å². The van der Waals surface area contributed by atoms with Crippen molar-refractivity contribution in [3.8, 4) is 6.07 Å². The smallest absolute Gasteiger partial charge is 0.106 e. The van der Waals surface area contributed by atoms with E-state index in [1.807, 2.05) is 12.3 Å². The summed E-state index contributed by atoms with van der Waals surface area (Å²) in [5, 5.41) is 14.3. The molecule has 0 aliphatic carbocycles. The molecule has 0 N–H and O–H groups in total. The molecule has 0 saturated carbocycles. The van der Waals surface area contributed by atoms with Crippen LogP contribution in [-0.4, -0.2) is 12.8 Å². The lowest BCUT2D eigenvalue weighted by atomic mass is 10.2. The maximum atomic E-state index is 8.69. The van der Waals surface area contributed by atoms with Gasteiger partial charge in [0.05, 0.1) is 16.2 Å². The van der Waals surface area contributed by atoms with Crippen LogP contribution in [0, 0.1) is 11.3 Å². The Morgan fingerprint density at radius 3 is 3.08 bits per heavy atom. The third kappa shape index (κ3) is 1.63. The van der Waals surface area contributed by atoms with Crippen LogP contribution >= 0.6 is 11.3 Å². The summed E-state index contributed by atoms with van der Waals surface area (Å²) in [6, 6.07) is 3.86. The second-order valence-electron chi connectivity index (χ2n) is 2.13. The number of rotatable bonds is 2. The fourth-order valence-electron chi connectivity index (χ4n) is 0.856. The monoisotopic (exact) mass is 180 g/mol. The Labute approximate surface area is 74.9 Å². The molecule has 0 aromatic carbocycles. The third-order valence-corrected chi connectivity index (χ3v) is 2.37. The van der Waals surface area contributed by atoms with E-state index in [1.54, 1.807) is 6.07 Å². The molecule has 1 aromatic heterocycles. The van der Waals surface area contributed by atoms with Crippen LogP contribution in [0.5, 0.6) is 0 Å². The Hall–Kier alpha value is -1.34. The highest BCUT2D eigenvalue weighted by Crippen LogP contribution is 2.16. The molecule has 1 heterocycles. The topological polar surface area (TPSA) is 45.4 Å². The summed E-state index contributed by atoms with van der Waals surface area (Å²) in [7, 11) is 1.49. The molecule has 0 radical (unpaired) electrons. The van der Waals surface area contributed by atoms with E-state index in [1.165, 1.54) is 18.4 Å². The molecule has 0 aliphatic rings. The zero-order valence-electron chi connectivity index (χ0n) is 6.87. The molecule has 62 valence electrons. The molecule has 0 aliphatic heterocycles. The van der Waals surface area contributed by atoms with Crippen LogP contribution in [0.25, 0.3) is 0 Å².